The Balaban J connectivity index is 1.60. The molecule has 3 aromatic rings. The average molecular weight is 503 g/mol. The van der Waals surface area contributed by atoms with E-state index >= 15 is 0 Å². The van der Waals surface area contributed by atoms with E-state index in [1.54, 1.807) is 12.1 Å². The number of hydrogen-bond acceptors (Lipinski definition) is 5. The van der Waals surface area contributed by atoms with Crippen molar-refractivity contribution in [2.45, 2.75) is 39.2 Å². The zero-order valence-corrected chi connectivity index (χ0v) is 21.9. The number of nitrogens with two attached hydrogens (primary N) is 2. The van der Waals surface area contributed by atoms with Crippen molar-refractivity contribution >= 4 is 39.7 Å². The summed E-state index contributed by atoms with van der Waals surface area (Å²) in [6.45, 7) is 16.0. The van der Waals surface area contributed by atoms with E-state index < -0.39 is 0 Å². The number of unbranched alkanes of at least 4 members (excludes halogenated alkanes) is 1. The van der Waals surface area contributed by atoms with Gasteiger partial charge in [-0.05, 0) is 49.6 Å². The van der Waals surface area contributed by atoms with Gasteiger partial charge < -0.3 is 21.3 Å². The molecule has 5 N–H and O–H groups in total. The zero-order chi connectivity index (χ0) is 26.0. The van der Waals surface area contributed by atoms with Crippen molar-refractivity contribution in [1.29, 1.82) is 5.41 Å². The first-order chi connectivity index (χ1) is 17.2. The van der Waals surface area contributed by atoms with Crippen molar-refractivity contribution in [2.75, 3.05) is 25.4 Å². The zero-order valence-electron chi connectivity index (χ0n) is 21.1. The van der Waals surface area contributed by atoms with Crippen LogP contribution < -0.4 is 11.5 Å². The Labute approximate surface area is 218 Å². The van der Waals surface area contributed by atoms with Crippen LogP contribution in [-0.2, 0) is 0 Å². The van der Waals surface area contributed by atoms with Gasteiger partial charge in [-0.2, -0.15) is 0 Å². The van der Waals surface area contributed by atoms with E-state index in [0.717, 1.165) is 53.8 Å². The minimum absolute atomic E-state index is 0.0806. The molecule has 6 nitrogen and oxygen atoms in total. The molecule has 0 spiro atoms. The van der Waals surface area contributed by atoms with Crippen LogP contribution in [0, 0.1) is 5.41 Å². The maximum Gasteiger partial charge on any atom is 0.124 e. The number of aromatic nitrogens is 1. The van der Waals surface area contributed by atoms with E-state index in [-0.39, 0.29) is 5.84 Å². The first-order valence-corrected chi connectivity index (χ1v) is 12.8. The number of anilines is 1. The van der Waals surface area contributed by atoms with Crippen LogP contribution in [0.2, 0.25) is 5.02 Å². The highest BCUT2D eigenvalue weighted by Crippen LogP contribution is 2.32. The number of benzene rings is 2. The summed E-state index contributed by atoms with van der Waals surface area (Å²) in [5.41, 5.74) is 18.2. The lowest BCUT2D eigenvalue weighted by atomic mass is 10.0. The van der Waals surface area contributed by atoms with Gasteiger partial charge in [-0.1, -0.05) is 56.3 Å². The van der Waals surface area contributed by atoms with Gasteiger partial charge in [0.15, 0.2) is 0 Å². The molecule has 1 fully saturated rings. The minimum Gasteiger partial charge on any atom is -0.398 e. The summed E-state index contributed by atoms with van der Waals surface area (Å²) in [6.07, 6.45) is 3.43. The van der Waals surface area contributed by atoms with Gasteiger partial charge in [0.2, 0.25) is 0 Å². The van der Waals surface area contributed by atoms with Crippen molar-refractivity contribution in [2.24, 2.45) is 5.73 Å². The number of rotatable bonds is 8. The van der Waals surface area contributed by atoms with Crippen molar-refractivity contribution < 1.29 is 0 Å². The molecule has 2 heterocycles. The molecule has 1 aliphatic rings. The van der Waals surface area contributed by atoms with Crippen molar-refractivity contribution in [3.8, 4) is 11.3 Å². The van der Waals surface area contributed by atoms with Crippen LogP contribution in [0.4, 0.5) is 5.69 Å². The van der Waals surface area contributed by atoms with Gasteiger partial charge in [0, 0.05) is 59.3 Å². The number of halogens is 1. The molecule has 1 unspecified atom stereocenters. The molecule has 1 atom stereocenters. The summed E-state index contributed by atoms with van der Waals surface area (Å²) < 4.78 is 0. The van der Waals surface area contributed by atoms with Crippen LogP contribution in [0.3, 0.4) is 0 Å². The Morgan fingerprint density at radius 2 is 1.94 bits per heavy atom. The summed E-state index contributed by atoms with van der Waals surface area (Å²) in [5.74, 6) is -0.0806. The van der Waals surface area contributed by atoms with Crippen molar-refractivity contribution in [3.05, 3.63) is 77.5 Å². The highest BCUT2D eigenvalue weighted by atomic mass is 35.5. The van der Waals surface area contributed by atoms with Gasteiger partial charge in [-0.15, -0.1) is 0 Å². The number of piperazine rings is 1. The fourth-order valence-corrected chi connectivity index (χ4v) is 5.08. The molecule has 36 heavy (non-hydrogen) atoms. The molecule has 1 aliphatic heterocycles. The molecule has 1 aromatic heterocycles. The first-order valence-electron chi connectivity index (χ1n) is 12.4. The number of pyridine rings is 1. The minimum atomic E-state index is -0.0806. The maximum absolute atomic E-state index is 7.79. The molecule has 4 rings (SSSR count). The topological polar surface area (TPSA) is 95.3 Å². The van der Waals surface area contributed by atoms with Crippen LogP contribution in [0.1, 0.15) is 44.2 Å². The third kappa shape index (κ3) is 5.19. The Morgan fingerprint density at radius 3 is 2.64 bits per heavy atom. The van der Waals surface area contributed by atoms with Crippen LogP contribution >= 0.6 is 11.6 Å². The summed E-state index contributed by atoms with van der Waals surface area (Å²) in [5, 5.41) is 9.28. The molecular formula is C29H35ClN6. The standard InChI is InChI=1S/C29H35ClN6/c1-5-6-7-18(2)35-12-13-36(19(3)17-35)20(4)21-8-10-23-25(30)16-27(34-28(23)15-21)22-9-11-26(31)24(14-22)29(32)33/h8-11,14-16,19H,2,4-7,12-13,17,31H2,1,3H3,(H3,32,33). The predicted octanol–water partition coefficient (Wildman–Crippen LogP) is 6.10. The van der Waals surface area contributed by atoms with Gasteiger partial charge in [0.05, 0.1) is 16.2 Å². The lowest BCUT2D eigenvalue weighted by Gasteiger charge is -2.43. The van der Waals surface area contributed by atoms with Gasteiger partial charge in [0.25, 0.3) is 0 Å². The van der Waals surface area contributed by atoms with Crippen molar-refractivity contribution in [1.82, 2.24) is 14.8 Å². The summed E-state index contributed by atoms with van der Waals surface area (Å²) in [4.78, 5) is 9.68. The third-order valence-corrected chi connectivity index (χ3v) is 7.28. The SMILES string of the molecule is C=C(CCCC)N1CCN(C(=C)c2ccc3c(Cl)cc(-c4ccc(N)c(C(=N)N)c4)nc3c2)C(C)C1. The lowest BCUT2D eigenvalue weighted by Crippen LogP contribution is -2.50. The van der Waals surface area contributed by atoms with Crippen molar-refractivity contribution in [3.63, 3.8) is 0 Å². The number of nitrogens with zero attached hydrogens (tertiary/aromatic N) is 3. The van der Waals surface area contributed by atoms with E-state index in [4.69, 9.17) is 33.5 Å². The first kappa shape index (κ1) is 25.6. The Morgan fingerprint density at radius 1 is 1.17 bits per heavy atom. The Bertz CT molecular complexity index is 1330. The van der Waals surface area contributed by atoms with Gasteiger partial charge in [-0.3, -0.25) is 5.41 Å². The van der Waals surface area contributed by atoms with E-state index in [9.17, 15) is 0 Å². The predicted molar refractivity (Wildman–Crippen MR) is 153 cm³/mol. The molecule has 0 saturated carbocycles. The molecular weight excluding hydrogens is 468 g/mol. The van der Waals surface area contributed by atoms with Gasteiger partial charge >= 0.3 is 0 Å². The molecule has 0 amide bonds. The van der Waals surface area contributed by atoms with E-state index in [0.29, 0.717) is 28.0 Å². The summed E-state index contributed by atoms with van der Waals surface area (Å²) in [7, 11) is 0. The second-order valence-electron chi connectivity index (χ2n) is 9.54. The molecule has 0 bridgehead atoms. The number of fused-ring (bicyclic) bond motifs is 1. The molecule has 0 aliphatic carbocycles. The maximum atomic E-state index is 7.79. The van der Waals surface area contributed by atoms with E-state index in [1.807, 2.05) is 18.2 Å². The van der Waals surface area contributed by atoms with Gasteiger partial charge in [0.1, 0.15) is 5.84 Å². The Hall–Kier alpha value is -3.51. The van der Waals surface area contributed by atoms with Crippen LogP contribution in [0.15, 0.2) is 61.3 Å². The third-order valence-electron chi connectivity index (χ3n) is 6.97. The monoisotopic (exact) mass is 502 g/mol. The number of amidine groups is 1. The summed E-state index contributed by atoms with van der Waals surface area (Å²) in [6, 6.07) is 13.7. The van der Waals surface area contributed by atoms with Crippen LogP contribution in [-0.4, -0.2) is 46.3 Å². The molecule has 0 radical (unpaired) electrons. The largest absolute Gasteiger partial charge is 0.398 e. The van der Waals surface area contributed by atoms with E-state index in [2.05, 4.69) is 48.9 Å². The second-order valence-corrected chi connectivity index (χ2v) is 9.95. The van der Waals surface area contributed by atoms with E-state index in [1.165, 1.54) is 18.5 Å². The number of nitrogen functional groups attached to an aromatic ring is 2. The van der Waals surface area contributed by atoms with Crippen LogP contribution in [0.25, 0.3) is 27.9 Å². The molecule has 2 aromatic carbocycles. The fraction of sp³-hybridized carbons (Fsp3) is 0.310. The van der Waals surface area contributed by atoms with Crippen LogP contribution in [0.5, 0.6) is 0 Å². The highest BCUT2D eigenvalue weighted by molar-refractivity contribution is 6.35. The highest BCUT2D eigenvalue weighted by Gasteiger charge is 2.26. The smallest absolute Gasteiger partial charge is 0.124 e. The average Bonchev–Trinajstić information content (AvgIpc) is 2.86. The second kappa shape index (κ2) is 10.6. The quantitative estimate of drug-likeness (QED) is 0.196. The fourth-order valence-electron chi connectivity index (χ4n) is 4.81. The lowest BCUT2D eigenvalue weighted by molar-refractivity contribution is 0.155. The Kier molecular flexibility index (Phi) is 7.55. The summed E-state index contributed by atoms with van der Waals surface area (Å²) >= 11 is 6.65. The molecule has 188 valence electrons. The molecule has 7 heteroatoms. The number of allylic oxidation sites excluding steroid dienone is 1. The van der Waals surface area contributed by atoms with Gasteiger partial charge in [-0.25, -0.2) is 4.98 Å². The number of nitrogens with one attached hydrogen (secondary N) is 1. The molecule has 1 saturated heterocycles. The number of hydrogen-bond donors (Lipinski definition) is 3. The normalized spacial score (nSPS) is 15.8.